The van der Waals surface area contributed by atoms with Crippen LogP contribution in [0.25, 0.3) is 0 Å². The first-order valence-electron chi connectivity index (χ1n) is 7.87. The third-order valence-corrected chi connectivity index (χ3v) is 6.05. The van der Waals surface area contributed by atoms with E-state index in [1.165, 1.54) is 13.2 Å². The van der Waals surface area contributed by atoms with Crippen LogP contribution in [0.5, 0.6) is 5.75 Å². The van der Waals surface area contributed by atoms with Crippen LogP contribution in [0.3, 0.4) is 0 Å². The van der Waals surface area contributed by atoms with E-state index >= 15 is 0 Å². The molecular formula is C15H15F4N3O4S. The van der Waals surface area contributed by atoms with Crippen LogP contribution >= 0.6 is 0 Å². The molecular weight excluding hydrogens is 394 g/mol. The van der Waals surface area contributed by atoms with Gasteiger partial charge in [-0.05, 0) is 31.0 Å². The van der Waals surface area contributed by atoms with Crippen molar-refractivity contribution >= 4 is 10.0 Å². The normalized spacial score (nSPS) is 19.2. The highest BCUT2D eigenvalue weighted by Gasteiger charge is 2.40. The van der Waals surface area contributed by atoms with Crippen molar-refractivity contribution < 1.29 is 35.1 Å². The quantitative estimate of drug-likeness (QED) is 0.722. The minimum absolute atomic E-state index is 0.0318. The van der Waals surface area contributed by atoms with Gasteiger partial charge in [-0.15, -0.1) is 10.2 Å². The molecule has 148 valence electrons. The lowest BCUT2D eigenvalue weighted by Crippen LogP contribution is -2.39. The van der Waals surface area contributed by atoms with Crippen LogP contribution in [0, 0.1) is 5.82 Å². The number of methoxy groups -OCH3 is 1. The van der Waals surface area contributed by atoms with Gasteiger partial charge in [-0.1, -0.05) is 0 Å². The Hall–Kier alpha value is -2.21. The summed E-state index contributed by atoms with van der Waals surface area (Å²) in [6, 6.07) is 3.09. The first-order valence-corrected chi connectivity index (χ1v) is 9.31. The number of sulfonamides is 1. The predicted octanol–water partition coefficient (Wildman–Crippen LogP) is 2.80. The highest BCUT2D eigenvalue weighted by Crippen LogP contribution is 2.35. The van der Waals surface area contributed by atoms with Gasteiger partial charge >= 0.3 is 12.1 Å². The molecule has 0 radical (unpaired) electrons. The monoisotopic (exact) mass is 409 g/mol. The number of rotatable bonds is 4. The van der Waals surface area contributed by atoms with Crippen molar-refractivity contribution in [3.63, 3.8) is 0 Å². The molecule has 0 spiro atoms. The molecule has 1 aliphatic rings. The van der Waals surface area contributed by atoms with Crippen LogP contribution in [0.1, 0.15) is 30.5 Å². The Labute approximate surface area is 152 Å². The Kier molecular flexibility index (Phi) is 5.12. The van der Waals surface area contributed by atoms with Crippen LogP contribution in [0.4, 0.5) is 17.6 Å². The van der Waals surface area contributed by atoms with Gasteiger partial charge in [0.05, 0.1) is 13.0 Å². The van der Waals surface area contributed by atoms with E-state index in [9.17, 15) is 26.0 Å². The third kappa shape index (κ3) is 3.90. The van der Waals surface area contributed by atoms with E-state index in [0.29, 0.717) is 12.8 Å². The van der Waals surface area contributed by atoms with Crippen LogP contribution < -0.4 is 4.74 Å². The second kappa shape index (κ2) is 7.08. The van der Waals surface area contributed by atoms with Crippen LogP contribution in [-0.2, 0) is 16.2 Å². The maximum atomic E-state index is 13.6. The van der Waals surface area contributed by atoms with E-state index in [1.54, 1.807) is 0 Å². The standard InChI is InChI=1S/C15H15F4N3O4S/c1-25-11-5-4-10(16)7-12(11)27(23,24)22-6-2-3-9(8-22)13-20-21-14(26-13)15(17,18)19/h4-5,7,9H,2-3,6,8H2,1H3/t9-/m0/s1. The zero-order valence-electron chi connectivity index (χ0n) is 14.0. The second-order valence-electron chi connectivity index (χ2n) is 5.94. The van der Waals surface area contributed by atoms with Crippen molar-refractivity contribution in [2.75, 3.05) is 20.2 Å². The van der Waals surface area contributed by atoms with Gasteiger partial charge in [0.15, 0.2) is 0 Å². The molecule has 2 heterocycles. The lowest BCUT2D eigenvalue weighted by molar-refractivity contribution is -0.157. The van der Waals surface area contributed by atoms with Gasteiger partial charge in [-0.25, -0.2) is 12.8 Å². The summed E-state index contributed by atoms with van der Waals surface area (Å²) < 4.78 is 87.9. The number of hydrogen-bond acceptors (Lipinski definition) is 6. The average Bonchev–Trinajstić information content (AvgIpc) is 3.12. The van der Waals surface area contributed by atoms with E-state index in [-0.39, 0.29) is 29.6 Å². The lowest BCUT2D eigenvalue weighted by atomic mass is 10.00. The van der Waals surface area contributed by atoms with Crippen molar-refractivity contribution in [2.45, 2.75) is 29.8 Å². The zero-order chi connectivity index (χ0) is 19.8. The van der Waals surface area contributed by atoms with Crippen LogP contribution in [0.15, 0.2) is 27.5 Å². The Morgan fingerprint density at radius 1 is 1.30 bits per heavy atom. The molecule has 1 atom stereocenters. The van der Waals surface area contributed by atoms with Gasteiger partial charge in [-0.3, -0.25) is 0 Å². The summed E-state index contributed by atoms with van der Waals surface area (Å²) in [6.07, 6.45) is -4.03. The molecule has 0 unspecified atom stereocenters. The van der Waals surface area contributed by atoms with Crippen LogP contribution in [0.2, 0.25) is 0 Å². The average molecular weight is 409 g/mol. The topological polar surface area (TPSA) is 85.5 Å². The Morgan fingerprint density at radius 3 is 2.67 bits per heavy atom. The molecule has 27 heavy (non-hydrogen) atoms. The molecule has 0 bridgehead atoms. The van der Waals surface area contributed by atoms with Crippen molar-refractivity contribution in [2.24, 2.45) is 0 Å². The number of nitrogens with zero attached hydrogens (tertiary/aromatic N) is 3. The lowest BCUT2D eigenvalue weighted by Gasteiger charge is -2.30. The third-order valence-electron chi connectivity index (χ3n) is 4.16. The molecule has 1 aromatic carbocycles. The molecule has 1 saturated heterocycles. The van der Waals surface area contributed by atoms with Crippen molar-refractivity contribution in [1.82, 2.24) is 14.5 Å². The number of hydrogen-bond donors (Lipinski definition) is 0. The molecule has 1 aliphatic heterocycles. The molecule has 2 aromatic rings. The molecule has 0 aliphatic carbocycles. The SMILES string of the molecule is COc1ccc(F)cc1S(=O)(=O)N1CCC[C@H](c2nnc(C(F)(F)F)o2)C1. The molecule has 0 N–H and O–H groups in total. The van der Waals surface area contributed by atoms with Crippen molar-refractivity contribution in [1.29, 1.82) is 0 Å². The van der Waals surface area contributed by atoms with Gasteiger partial charge in [0.2, 0.25) is 15.9 Å². The summed E-state index contributed by atoms with van der Waals surface area (Å²) >= 11 is 0. The highest BCUT2D eigenvalue weighted by atomic mass is 32.2. The van der Waals surface area contributed by atoms with E-state index in [2.05, 4.69) is 14.6 Å². The van der Waals surface area contributed by atoms with Crippen LogP contribution in [-0.4, -0.2) is 43.1 Å². The number of ether oxygens (including phenoxy) is 1. The van der Waals surface area contributed by atoms with E-state index in [1.807, 2.05) is 0 Å². The van der Waals surface area contributed by atoms with Gasteiger partial charge in [0, 0.05) is 13.1 Å². The van der Waals surface area contributed by atoms with Gasteiger partial charge in [-0.2, -0.15) is 17.5 Å². The Morgan fingerprint density at radius 2 is 2.04 bits per heavy atom. The smallest absolute Gasteiger partial charge is 0.470 e. The fourth-order valence-corrected chi connectivity index (χ4v) is 4.56. The minimum Gasteiger partial charge on any atom is -0.495 e. The number of halogens is 4. The Bertz CT molecular complexity index is 929. The fourth-order valence-electron chi connectivity index (χ4n) is 2.87. The summed E-state index contributed by atoms with van der Waals surface area (Å²) in [5, 5.41) is 6.37. The summed E-state index contributed by atoms with van der Waals surface area (Å²) in [5.74, 6) is -3.25. The molecule has 1 aromatic heterocycles. The summed E-state index contributed by atoms with van der Waals surface area (Å²) in [7, 11) is -2.88. The maximum Gasteiger partial charge on any atom is 0.470 e. The summed E-state index contributed by atoms with van der Waals surface area (Å²) in [6.45, 7) is -0.0414. The molecule has 7 nitrogen and oxygen atoms in total. The van der Waals surface area contributed by atoms with Gasteiger partial charge in [0.25, 0.3) is 0 Å². The van der Waals surface area contributed by atoms with Crippen molar-refractivity contribution in [3.8, 4) is 5.75 Å². The molecule has 0 saturated carbocycles. The van der Waals surface area contributed by atoms with E-state index in [4.69, 9.17) is 4.74 Å². The number of benzene rings is 1. The molecule has 1 fully saturated rings. The zero-order valence-corrected chi connectivity index (χ0v) is 14.8. The number of aromatic nitrogens is 2. The first kappa shape index (κ1) is 19.5. The largest absolute Gasteiger partial charge is 0.495 e. The first-order chi connectivity index (χ1) is 12.6. The Balaban J connectivity index is 1.88. The van der Waals surface area contributed by atoms with E-state index < -0.39 is 33.8 Å². The minimum atomic E-state index is -4.78. The van der Waals surface area contributed by atoms with Crippen molar-refractivity contribution in [3.05, 3.63) is 35.8 Å². The summed E-state index contributed by atoms with van der Waals surface area (Å²) in [4.78, 5) is -0.354. The van der Waals surface area contributed by atoms with E-state index in [0.717, 1.165) is 16.4 Å². The van der Waals surface area contributed by atoms with Gasteiger partial charge in [0.1, 0.15) is 16.5 Å². The number of alkyl halides is 3. The molecule has 3 rings (SSSR count). The van der Waals surface area contributed by atoms with Gasteiger partial charge < -0.3 is 9.15 Å². The summed E-state index contributed by atoms with van der Waals surface area (Å²) in [5.41, 5.74) is 0. The maximum absolute atomic E-state index is 13.6. The molecule has 0 amide bonds. The predicted molar refractivity (Wildman–Crippen MR) is 83.0 cm³/mol. The number of piperidine rings is 1. The second-order valence-corrected chi connectivity index (χ2v) is 7.85. The fraction of sp³-hybridized carbons (Fsp3) is 0.467. The highest BCUT2D eigenvalue weighted by molar-refractivity contribution is 7.89. The molecule has 12 heteroatoms.